The van der Waals surface area contributed by atoms with Crippen LogP contribution in [0.15, 0.2) is 12.7 Å². The predicted octanol–water partition coefficient (Wildman–Crippen LogP) is 2.11. The van der Waals surface area contributed by atoms with Gasteiger partial charge in [0.25, 0.3) is 0 Å². The summed E-state index contributed by atoms with van der Waals surface area (Å²) >= 11 is 0. The van der Waals surface area contributed by atoms with Crippen molar-refractivity contribution in [1.82, 2.24) is 5.32 Å². The van der Waals surface area contributed by atoms with Gasteiger partial charge in [-0.2, -0.15) is 0 Å². The highest BCUT2D eigenvalue weighted by molar-refractivity contribution is 4.85. The molecule has 76 valence electrons. The Bertz CT molecular complexity index is 141. The number of hydrogen-bond acceptors (Lipinski definition) is 2. The zero-order valence-corrected chi connectivity index (χ0v) is 8.59. The lowest BCUT2D eigenvalue weighted by molar-refractivity contribution is -0.00652. The van der Waals surface area contributed by atoms with E-state index in [1.54, 1.807) is 0 Å². The van der Waals surface area contributed by atoms with Crippen LogP contribution in [0.2, 0.25) is 0 Å². The molecule has 1 rings (SSSR count). The maximum atomic E-state index is 5.73. The third kappa shape index (κ3) is 3.49. The smallest absolute Gasteiger partial charge is 0.0731 e. The first kappa shape index (κ1) is 10.7. The molecule has 0 aromatic rings. The summed E-state index contributed by atoms with van der Waals surface area (Å²) < 4.78 is 5.73. The van der Waals surface area contributed by atoms with Gasteiger partial charge in [-0.15, -0.1) is 6.58 Å². The maximum absolute atomic E-state index is 5.73. The highest BCUT2D eigenvalue weighted by Gasteiger charge is 2.22. The van der Waals surface area contributed by atoms with E-state index in [1.165, 1.54) is 19.3 Å². The summed E-state index contributed by atoms with van der Waals surface area (Å²) in [5, 5.41) is 3.46. The number of ether oxygens (including phenoxy) is 1. The summed E-state index contributed by atoms with van der Waals surface area (Å²) in [6.07, 6.45) is 7.13. The normalized spacial score (nSPS) is 25.5. The molecule has 1 aliphatic heterocycles. The van der Waals surface area contributed by atoms with Crippen molar-refractivity contribution in [3.05, 3.63) is 12.7 Å². The van der Waals surface area contributed by atoms with Crippen molar-refractivity contribution in [2.75, 3.05) is 13.2 Å². The Morgan fingerprint density at radius 1 is 1.62 bits per heavy atom. The third-order valence-corrected chi connectivity index (χ3v) is 2.55. The van der Waals surface area contributed by atoms with Gasteiger partial charge < -0.3 is 10.1 Å². The Morgan fingerprint density at radius 3 is 3.00 bits per heavy atom. The topological polar surface area (TPSA) is 21.3 Å². The van der Waals surface area contributed by atoms with Crippen LogP contribution in [0.3, 0.4) is 0 Å². The number of nitrogens with one attached hydrogen (secondary N) is 1. The minimum Gasteiger partial charge on any atom is -0.377 e. The second-order valence-corrected chi connectivity index (χ2v) is 3.59. The summed E-state index contributed by atoms with van der Waals surface area (Å²) in [5.74, 6) is 0. The Morgan fingerprint density at radius 2 is 2.46 bits per heavy atom. The van der Waals surface area contributed by atoms with Gasteiger partial charge in [0.2, 0.25) is 0 Å². The third-order valence-electron chi connectivity index (χ3n) is 2.55. The van der Waals surface area contributed by atoms with Gasteiger partial charge in [0.05, 0.1) is 6.10 Å². The van der Waals surface area contributed by atoms with E-state index in [-0.39, 0.29) is 0 Å². The first-order chi connectivity index (χ1) is 6.38. The summed E-state index contributed by atoms with van der Waals surface area (Å²) in [7, 11) is 0. The number of hydrogen-bond donors (Lipinski definition) is 1. The summed E-state index contributed by atoms with van der Waals surface area (Å²) in [4.78, 5) is 0. The van der Waals surface area contributed by atoms with E-state index in [4.69, 9.17) is 4.74 Å². The summed E-state index contributed by atoms with van der Waals surface area (Å²) in [5.41, 5.74) is 0. The first-order valence-electron chi connectivity index (χ1n) is 5.34. The van der Waals surface area contributed by atoms with Gasteiger partial charge in [-0.05, 0) is 32.2 Å². The molecule has 1 aliphatic rings. The summed E-state index contributed by atoms with van der Waals surface area (Å²) in [6, 6.07) is 0.475. The molecule has 2 nitrogen and oxygen atoms in total. The molecule has 1 heterocycles. The zero-order valence-electron chi connectivity index (χ0n) is 8.59. The monoisotopic (exact) mass is 183 g/mol. The second kappa shape index (κ2) is 6.17. The molecular formula is C11H21NO. The minimum atomic E-state index is 0.409. The molecule has 0 saturated carbocycles. The Balaban J connectivity index is 2.36. The average molecular weight is 183 g/mol. The van der Waals surface area contributed by atoms with E-state index in [9.17, 15) is 0 Å². The van der Waals surface area contributed by atoms with Crippen molar-refractivity contribution in [2.24, 2.45) is 0 Å². The van der Waals surface area contributed by atoms with E-state index in [0.29, 0.717) is 12.1 Å². The van der Waals surface area contributed by atoms with Crippen LogP contribution in [0, 0.1) is 0 Å². The summed E-state index contributed by atoms with van der Waals surface area (Å²) in [6.45, 7) is 7.87. The van der Waals surface area contributed by atoms with E-state index in [0.717, 1.165) is 19.6 Å². The van der Waals surface area contributed by atoms with Gasteiger partial charge in [-0.25, -0.2) is 0 Å². The van der Waals surface area contributed by atoms with Gasteiger partial charge in [0, 0.05) is 12.6 Å². The van der Waals surface area contributed by atoms with Gasteiger partial charge in [0.15, 0.2) is 0 Å². The molecule has 0 spiro atoms. The van der Waals surface area contributed by atoms with Crippen molar-refractivity contribution in [1.29, 1.82) is 0 Å². The molecule has 0 amide bonds. The lowest BCUT2D eigenvalue weighted by Gasteiger charge is -2.30. The Kier molecular flexibility index (Phi) is 5.09. The quantitative estimate of drug-likeness (QED) is 0.659. The number of likely N-dealkylation sites (N-methyl/N-ethyl adjacent to an activating group) is 1. The minimum absolute atomic E-state index is 0.409. The Hall–Kier alpha value is -0.340. The van der Waals surface area contributed by atoms with Crippen LogP contribution in [0.5, 0.6) is 0 Å². The fourth-order valence-electron chi connectivity index (χ4n) is 1.89. The molecular weight excluding hydrogens is 162 g/mol. The van der Waals surface area contributed by atoms with Gasteiger partial charge >= 0.3 is 0 Å². The first-order valence-corrected chi connectivity index (χ1v) is 5.34. The molecule has 1 saturated heterocycles. The fraction of sp³-hybridized carbons (Fsp3) is 0.818. The molecule has 2 heteroatoms. The highest BCUT2D eigenvalue weighted by Crippen LogP contribution is 2.17. The maximum Gasteiger partial charge on any atom is 0.0731 e. The molecule has 2 atom stereocenters. The van der Waals surface area contributed by atoms with Crippen molar-refractivity contribution in [3.8, 4) is 0 Å². The fourth-order valence-corrected chi connectivity index (χ4v) is 1.89. The lowest BCUT2D eigenvalue weighted by Crippen LogP contribution is -2.42. The highest BCUT2D eigenvalue weighted by atomic mass is 16.5. The molecule has 1 N–H and O–H groups in total. The molecule has 13 heavy (non-hydrogen) atoms. The molecule has 0 bridgehead atoms. The van der Waals surface area contributed by atoms with E-state index in [1.807, 2.05) is 6.08 Å². The standard InChI is InChI=1S/C11H21NO/c1-3-7-10(12-4-2)11-8-5-6-9-13-11/h3,10-12H,1,4-9H2,2H3. The number of rotatable bonds is 5. The van der Waals surface area contributed by atoms with Gasteiger partial charge in [-0.3, -0.25) is 0 Å². The van der Waals surface area contributed by atoms with Crippen LogP contribution in [0.1, 0.15) is 32.6 Å². The van der Waals surface area contributed by atoms with Crippen LogP contribution in [0.4, 0.5) is 0 Å². The van der Waals surface area contributed by atoms with Crippen molar-refractivity contribution < 1.29 is 4.74 Å². The van der Waals surface area contributed by atoms with Crippen molar-refractivity contribution in [2.45, 2.75) is 44.8 Å². The largest absolute Gasteiger partial charge is 0.377 e. The van der Waals surface area contributed by atoms with Gasteiger partial charge in [0.1, 0.15) is 0 Å². The molecule has 0 aromatic heterocycles. The van der Waals surface area contributed by atoms with Crippen LogP contribution in [-0.4, -0.2) is 25.3 Å². The molecule has 0 aliphatic carbocycles. The molecule has 0 radical (unpaired) electrons. The van der Waals surface area contributed by atoms with Crippen LogP contribution < -0.4 is 5.32 Å². The second-order valence-electron chi connectivity index (χ2n) is 3.59. The van der Waals surface area contributed by atoms with E-state index < -0.39 is 0 Å². The molecule has 0 aromatic carbocycles. The van der Waals surface area contributed by atoms with Gasteiger partial charge in [-0.1, -0.05) is 13.0 Å². The predicted molar refractivity (Wildman–Crippen MR) is 55.9 cm³/mol. The lowest BCUT2D eigenvalue weighted by atomic mass is 9.99. The SMILES string of the molecule is C=CCC(NCC)C1CCCCO1. The van der Waals surface area contributed by atoms with Crippen LogP contribution >= 0.6 is 0 Å². The Labute approximate surface area is 81.4 Å². The van der Waals surface area contributed by atoms with Crippen molar-refractivity contribution in [3.63, 3.8) is 0 Å². The zero-order chi connectivity index (χ0) is 9.52. The van der Waals surface area contributed by atoms with Crippen LogP contribution in [0.25, 0.3) is 0 Å². The van der Waals surface area contributed by atoms with Crippen LogP contribution in [-0.2, 0) is 4.74 Å². The molecule has 1 fully saturated rings. The van der Waals surface area contributed by atoms with E-state index >= 15 is 0 Å². The van der Waals surface area contributed by atoms with E-state index in [2.05, 4.69) is 18.8 Å². The van der Waals surface area contributed by atoms with Crippen molar-refractivity contribution >= 4 is 0 Å². The average Bonchev–Trinajstić information content (AvgIpc) is 2.19. The molecule has 2 unspecified atom stereocenters.